The maximum Gasteiger partial charge on any atom is 0.250 e. The van der Waals surface area contributed by atoms with Gasteiger partial charge >= 0.3 is 0 Å². The molecule has 2 heterocycles. The van der Waals surface area contributed by atoms with Crippen LogP contribution in [0.25, 0.3) is 11.0 Å². The van der Waals surface area contributed by atoms with E-state index in [0.717, 1.165) is 30.9 Å². The lowest BCUT2D eigenvalue weighted by Gasteiger charge is -2.20. The average Bonchev–Trinajstić information content (AvgIpc) is 3.03. The Kier molecular flexibility index (Phi) is 6.01. The number of benzene rings is 1. The van der Waals surface area contributed by atoms with E-state index in [1.165, 1.54) is 6.42 Å². The van der Waals surface area contributed by atoms with E-state index in [4.69, 9.17) is 5.73 Å². The Balaban J connectivity index is 0.00000110. The van der Waals surface area contributed by atoms with Gasteiger partial charge in [0.15, 0.2) is 0 Å². The molecule has 0 radical (unpaired) electrons. The number of imidazole rings is 1. The van der Waals surface area contributed by atoms with Gasteiger partial charge in [0.2, 0.25) is 0 Å². The lowest BCUT2D eigenvalue weighted by atomic mass is 10.2. The van der Waals surface area contributed by atoms with Gasteiger partial charge in [-0.15, -0.1) is 24.8 Å². The summed E-state index contributed by atoms with van der Waals surface area (Å²) in [7, 11) is 0. The van der Waals surface area contributed by atoms with E-state index >= 15 is 0 Å². The van der Waals surface area contributed by atoms with Gasteiger partial charge in [-0.25, -0.2) is 4.98 Å². The first kappa shape index (κ1) is 17.8. The van der Waals surface area contributed by atoms with Crippen molar-refractivity contribution in [3.63, 3.8) is 0 Å². The molecule has 1 atom stereocenters. The maximum atomic E-state index is 11.4. The summed E-state index contributed by atoms with van der Waals surface area (Å²) >= 11 is 0. The highest BCUT2D eigenvalue weighted by atomic mass is 35.5. The molecule has 1 aromatic carbocycles. The zero-order valence-corrected chi connectivity index (χ0v) is 13.5. The zero-order valence-electron chi connectivity index (χ0n) is 11.8. The molecule has 1 unspecified atom stereocenters. The lowest BCUT2D eigenvalue weighted by molar-refractivity contribution is 0.100. The molecule has 1 saturated heterocycles. The van der Waals surface area contributed by atoms with E-state index in [1.54, 1.807) is 6.07 Å². The predicted octanol–water partition coefficient (Wildman–Crippen LogP) is 2.66. The molecule has 5 nitrogen and oxygen atoms in total. The summed E-state index contributed by atoms with van der Waals surface area (Å²) in [5.41, 5.74) is 7.45. The number of aromatic amines is 1. The second-order valence-electron chi connectivity index (χ2n) is 4.97. The van der Waals surface area contributed by atoms with Gasteiger partial charge in [0, 0.05) is 0 Å². The number of rotatable bonds is 3. The molecule has 0 saturated carbocycles. The summed E-state index contributed by atoms with van der Waals surface area (Å²) in [6.07, 6.45) is 2.30. The molecule has 1 fully saturated rings. The number of nitrogens with zero attached hydrogens (tertiary/aromatic N) is 2. The van der Waals surface area contributed by atoms with Crippen LogP contribution in [-0.4, -0.2) is 33.9 Å². The van der Waals surface area contributed by atoms with Crippen molar-refractivity contribution >= 4 is 41.8 Å². The molecule has 116 valence electrons. The van der Waals surface area contributed by atoms with Crippen LogP contribution in [0.4, 0.5) is 0 Å². The number of nitrogens with two attached hydrogens (primary N) is 1. The minimum absolute atomic E-state index is 0. The van der Waals surface area contributed by atoms with E-state index in [0.29, 0.717) is 17.1 Å². The molecule has 21 heavy (non-hydrogen) atoms. The minimum Gasteiger partial charge on any atom is -0.366 e. The highest BCUT2D eigenvalue weighted by Crippen LogP contribution is 2.31. The molecular formula is C14H20Cl2N4O. The van der Waals surface area contributed by atoms with Crippen LogP contribution in [0.5, 0.6) is 0 Å². The fraction of sp³-hybridized carbons (Fsp3) is 0.429. The third-order valence-electron chi connectivity index (χ3n) is 3.88. The third kappa shape index (κ3) is 3.15. The van der Waals surface area contributed by atoms with Gasteiger partial charge in [-0.05, 0) is 38.1 Å². The van der Waals surface area contributed by atoms with Crippen molar-refractivity contribution in [2.24, 2.45) is 5.73 Å². The van der Waals surface area contributed by atoms with Crippen LogP contribution in [0, 0.1) is 0 Å². The molecule has 3 rings (SSSR count). The van der Waals surface area contributed by atoms with Gasteiger partial charge < -0.3 is 10.7 Å². The topological polar surface area (TPSA) is 75.0 Å². The lowest BCUT2D eigenvalue weighted by Crippen LogP contribution is -2.23. The molecule has 0 aliphatic carbocycles. The molecule has 1 aliphatic rings. The molecule has 0 bridgehead atoms. The average molecular weight is 331 g/mol. The Bertz CT molecular complexity index is 628. The molecule has 1 aromatic heterocycles. The number of para-hydroxylation sites is 1. The summed E-state index contributed by atoms with van der Waals surface area (Å²) in [4.78, 5) is 21.8. The largest absolute Gasteiger partial charge is 0.366 e. The second kappa shape index (κ2) is 7.11. The Hall–Kier alpha value is -1.30. The normalized spacial score (nSPS) is 18.2. The first-order chi connectivity index (χ1) is 9.20. The summed E-state index contributed by atoms with van der Waals surface area (Å²) in [5, 5.41) is 0. The van der Waals surface area contributed by atoms with Crippen molar-refractivity contribution in [2.45, 2.75) is 25.8 Å². The number of carbonyl (C=O) groups is 1. The van der Waals surface area contributed by atoms with Crippen molar-refractivity contribution < 1.29 is 4.79 Å². The molecular weight excluding hydrogens is 311 g/mol. The molecule has 7 heteroatoms. The summed E-state index contributed by atoms with van der Waals surface area (Å²) in [6, 6.07) is 5.82. The smallest absolute Gasteiger partial charge is 0.250 e. The van der Waals surface area contributed by atoms with Crippen molar-refractivity contribution in [2.75, 3.05) is 13.1 Å². The van der Waals surface area contributed by atoms with Crippen LogP contribution < -0.4 is 5.73 Å². The van der Waals surface area contributed by atoms with Gasteiger partial charge in [0.1, 0.15) is 11.3 Å². The first-order valence-electron chi connectivity index (χ1n) is 6.73. The van der Waals surface area contributed by atoms with Crippen LogP contribution in [-0.2, 0) is 0 Å². The van der Waals surface area contributed by atoms with Crippen molar-refractivity contribution in [3.8, 4) is 0 Å². The van der Waals surface area contributed by atoms with E-state index in [2.05, 4.69) is 21.8 Å². The van der Waals surface area contributed by atoms with E-state index in [-0.39, 0.29) is 24.8 Å². The predicted molar refractivity (Wildman–Crippen MR) is 88.3 cm³/mol. The Morgan fingerprint density at radius 3 is 2.90 bits per heavy atom. The maximum absolute atomic E-state index is 11.4. The fourth-order valence-corrected chi connectivity index (χ4v) is 2.92. The van der Waals surface area contributed by atoms with Crippen LogP contribution in [0.15, 0.2) is 18.2 Å². The third-order valence-corrected chi connectivity index (χ3v) is 3.88. The minimum atomic E-state index is -0.428. The van der Waals surface area contributed by atoms with E-state index < -0.39 is 5.91 Å². The van der Waals surface area contributed by atoms with Crippen molar-refractivity contribution in [1.82, 2.24) is 14.9 Å². The standard InChI is InChI=1S/C14H18N4O.2ClH/c1-2-18-8-4-7-11(18)14-16-10-6-3-5-9(13(15)19)12(10)17-14;;/h3,5-6,11H,2,4,7-8H2,1H3,(H2,15,19)(H,16,17);2*1H. The summed E-state index contributed by atoms with van der Waals surface area (Å²) in [6.45, 7) is 4.29. The highest BCUT2D eigenvalue weighted by molar-refractivity contribution is 6.04. The fourth-order valence-electron chi connectivity index (χ4n) is 2.92. The monoisotopic (exact) mass is 330 g/mol. The first-order valence-corrected chi connectivity index (χ1v) is 6.73. The van der Waals surface area contributed by atoms with Crippen LogP contribution in [0.2, 0.25) is 0 Å². The number of amides is 1. The molecule has 0 spiro atoms. The number of H-pyrrole nitrogens is 1. The number of hydrogen-bond donors (Lipinski definition) is 2. The number of halogens is 2. The number of nitrogens with one attached hydrogen (secondary N) is 1. The molecule has 1 amide bonds. The molecule has 3 N–H and O–H groups in total. The van der Waals surface area contributed by atoms with E-state index in [1.807, 2.05) is 12.1 Å². The summed E-state index contributed by atoms with van der Waals surface area (Å²) < 4.78 is 0. The number of carbonyl (C=O) groups excluding carboxylic acids is 1. The van der Waals surface area contributed by atoms with Gasteiger partial charge in [0.25, 0.3) is 5.91 Å². The van der Waals surface area contributed by atoms with Gasteiger partial charge in [-0.3, -0.25) is 9.69 Å². The van der Waals surface area contributed by atoms with Crippen LogP contribution >= 0.6 is 24.8 Å². The molecule has 2 aromatic rings. The number of primary amides is 1. The van der Waals surface area contributed by atoms with Gasteiger partial charge in [0.05, 0.1) is 17.1 Å². The summed E-state index contributed by atoms with van der Waals surface area (Å²) in [5.74, 6) is 0.519. The van der Waals surface area contributed by atoms with Gasteiger partial charge in [-0.1, -0.05) is 13.0 Å². The SMILES string of the molecule is CCN1CCCC1c1nc2c(C(N)=O)cccc2[nH]1.Cl.Cl. The van der Waals surface area contributed by atoms with Crippen LogP contribution in [0.3, 0.4) is 0 Å². The van der Waals surface area contributed by atoms with Crippen LogP contribution in [0.1, 0.15) is 42.0 Å². The highest BCUT2D eigenvalue weighted by Gasteiger charge is 2.27. The zero-order chi connectivity index (χ0) is 13.4. The quantitative estimate of drug-likeness (QED) is 0.908. The van der Waals surface area contributed by atoms with E-state index in [9.17, 15) is 4.79 Å². The number of fused-ring (bicyclic) bond motifs is 1. The number of aromatic nitrogens is 2. The Morgan fingerprint density at radius 2 is 2.24 bits per heavy atom. The number of hydrogen-bond acceptors (Lipinski definition) is 3. The van der Waals surface area contributed by atoms with Crippen molar-refractivity contribution in [3.05, 3.63) is 29.6 Å². The Morgan fingerprint density at radius 1 is 1.48 bits per heavy atom. The van der Waals surface area contributed by atoms with Gasteiger partial charge in [-0.2, -0.15) is 0 Å². The Labute approximate surface area is 136 Å². The number of likely N-dealkylation sites (tertiary alicyclic amines) is 1. The molecule has 1 aliphatic heterocycles. The second-order valence-corrected chi connectivity index (χ2v) is 4.97. The van der Waals surface area contributed by atoms with Crippen molar-refractivity contribution in [1.29, 1.82) is 0 Å².